The van der Waals surface area contributed by atoms with E-state index < -0.39 is 0 Å². The third-order valence-corrected chi connectivity index (χ3v) is 2.58. The van der Waals surface area contributed by atoms with E-state index in [2.05, 4.69) is 29.4 Å². The van der Waals surface area contributed by atoms with Gasteiger partial charge in [-0.1, -0.05) is 42.5 Å². The maximum absolute atomic E-state index is 8.89. The van der Waals surface area contributed by atoms with Gasteiger partial charge >= 0.3 is 0 Å². The third-order valence-electron chi connectivity index (χ3n) is 2.58. The number of hydrogen-bond donors (Lipinski definition) is 1. The van der Waals surface area contributed by atoms with Crippen LogP contribution in [0.5, 0.6) is 0 Å². The van der Waals surface area contributed by atoms with Gasteiger partial charge in [0.1, 0.15) is 5.69 Å². The van der Waals surface area contributed by atoms with Crippen molar-refractivity contribution in [3.63, 3.8) is 0 Å². The third kappa shape index (κ3) is 2.46. The molecule has 1 N–H and O–H groups in total. The highest BCUT2D eigenvalue weighted by Crippen LogP contribution is 2.16. The molecule has 1 aromatic carbocycles. The van der Waals surface area contributed by atoms with Gasteiger partial charge in [0.25, 0.3) is 0 Å². The lowest BCUT2D eigenvalue weighted by Gasteiger charge is -2.10. The number of aliphatic hydroxyl groups is 1. The summed E-state index contributed by atoms with van der Waals surface area (Å²) in [5.74, 6) is 0.384. The van der Waals surface area contributed by atoms with Crippen LogP contribution >= 0.6 is 0 Å². The summed E-state index contributed by atoms with van der Waals surface area (Å²) in [7, 11) is 0. The molecule has 1 atom stereocenters. The molecular weight excluding hydrogens is 202 g/mol. The van der Waals surface area contributed by atoms with Gasteiger partial charge in [-0.2, -0.15) is 0 Å². The van der Waals surface area contributed by atoms with Crippen LogP contribution in [-0.4, -0.2) is 20.1 Å². The molecule has 0 saturated heterocycles. The fourth-order valence-corrected chi connectivity index (χ4v) is 1.67. The first-order valence-corrected chi connectivity index (χ1v) is 5.34. The molecule has 84 valence electrons. The van der Waals surface area contributed by atoms with Crippen molar-refractivity contribution in [2.75, 3.05) is 0 Å². The molecule has 1 aromatic heterocycles. The van der Waals surface area contributed by atoms with E-state index in [4.69, 9.17) is 5.11 Å². The Balaban J connectivity index is 2.05. The zero-order valence-electron chi connectivity index (χ0n) is 9.24. The normalized spacial score (nSPS) is 12.6. The number of nitrogens with zero attached hydrogens (tertiary/aromatic N) is 3. The van der Waals surface area contributed by atoms with Crippen molar-refractivity contribution in [2.45, 2.75) is 26.0 Å². The Kier molecular flexibility index (Phi) is 3.31. The van der Waals surface area contributed by atoms with Crippen molar-refractivity contribution in [1.29, 1.82) is 0 Å². The highest BCUT2D eigenvalue weighted by Gasteiger charge is 2.07. The van der Waals surface area contributed by atoms with Crippen LogP contribution < -0.4 is 0 Å². The van der Waals surface area contributed by atoms with Crippen molar-refractivity contribution in [1.82, 2.24) is 15.0 Å². The van der Waals surface area contributed by atoms with Crippen LogP contribution in [0.1, 0.15) is 24.1 Å². The van der Waals surface area contributed by atoms with Crippen LogP contribution in [-0.2, 0) is 13.2 Å². The van der Waals surface area contributed by atoms with Crippen molar-refractivity contribution in [3.05, 3.63) is 47.8 Å². The fraction of sp³-hybridized carbons (Fsp3) is 0.333. The van der Waals surface area contributed by atoms with Crippen LogP contribution in [0.2, 0.25) is 0 Å². The zero-order valence-corrected chi connectivity index (χ0v) is 9.24. The number of hydrogen-bond acceptors (Lipinski definition) is 3. The summed E-state index contributed by atoms with van der Waals surface area (Å²) in [5, 5.41) is 16.7. The van der Waals surface area contributed by atoms with E-state index in [1.165, 1.54) is 5.56 Å². The molecule has 0 radical (unpaired) electrons. The van der Waals surface area contributed by atoms with Gasteiger partial charge in [-0.05, 0) is 5.56 Å². The Morgan fingerprint density at radius 2 is 2.06 bits per heavy atom. The first-order valence-electron chi connectivity index (χ1n) is 5.34. The van der Waals surface area contributed by atoms with E-state index in [9.17, 15) is 0 Å². The second kappa shape index (κ2) is 4.90. The van der Waals surface area contributed by atoms with Crippen LogP contribution in [0.15, 0.2) is 36.5 Å². The van der Waals surface area contributed by atoms with E-state index in [0.29, 0.717) is 11.6 Å². The van der Waals surface area contributed by atoms with Gasteiger partial charge in [0.15, 0.2) is 0 Å². The lowest BCUT2D eigenvalue weighted by Crippen LogP contribution is -2.06. The lowest BCUT2D eigenvalue weighted by molar-refractivity contribution is 0.276. The van der Waals surface area contributed by atoms with Crippen molar-refractivity contribution < 1.29 is 5.11 Å². The average Bonchev–Trinajstić information content (AvgIpc) is 2.78. The topological polar surface area (TPSA) is 50.9 Å². The van der Waals surface area contributed by atoms with Crippen LogP contribution in [0.4, 0.5) is 0 Å². The van der Waals surface area contributed by atoms with Crippen LogP contribution in [0, 0.1) is 0 Å². The number of aliphatic hydroxyl groups excluding tert-OH is 1. The molecule has 0 unspecified atom stereocenters. The molecule has 4 nitrogen and oxygen atoms in total. The maximum atomic E-state index is 8.89. The molecule has 2 aromatic rings. The minimum Gasteiger partial charge on any atom is -0.390 e. The summed E-state index contributed by atoms with van der Waals surface area (Å²) >= 11 is 0. The molecule has 2 rings (SSSR count). The van der Waals surface area contributed by atoms with Gasteiger partial charge in [0.05, 0.1) is 12.8 Å². The first kappa shape index (κ1) is 10.8. The Labute approximate surface area is 94.5 Å². The number of benzene rings is 1. The van der Waals surface area contributed by atoms with E-state index in [-0.39, 0.29) is 6.61 Å². The smallest absolute Gasteiger partial charge is 0.108 e. The number of rotatable bonds is 4. The zero-order chi connectivity index (χ0) is 11.4. The summed E-state index contributed by atoms with van der Waals surface area (Å²) in [4.78, 5) is 0. The molecule has 1 heterocycles. The molecule has 0 aliphatic heterocycles. The molecule has 16 heavy (non-hydrogen) atoms. The largest absolute Gasteiger partial charge is 0.390 e. The molecule has 0 aliphatic rings. The fourth-order valence-electron chi connectivity index (χ4n) is 1.67. The highest BCUT2D eigenvalue weighted by atomic mass is 16.3. The molecule has 4 heteroatoms. The van der Waals surface area contributed by atoms with Gasteiger partial charge in [0, 0.05) is 12.5 Å². The molecule has 0 spiro atoms. The van der Waals surface area contributed by atoms with Gasteiger partial charge in [-0.15, -0.1) is 5.10 Å². The second-order valence-electron chi connectivity index (χ2n) is 3.90. The van der Waals surface area contributed by atoms with E-state index >= 15 is 0 Å². The molecule has 0 fully saturated rings. The van der Waals surface area contributed by atoms with Gasteiger partial charge in [0.2, 0.25) is 0 Å². The molecule has 0 saturated carbocycles. The summed E-state index contributed by atoms with van der Waals surface area (Å²) in [5.41, 5.74) is 1.89. The first-order chi connectivity index (χ1) is 7.79. The minimum absolute atomic E-state index is 0.0558. The minimum atomic E-state index is -0.0558. The lowest BCUT2D eigenvalue weighted by atomic mass is 10.0. The van der Waals surface area contributed by atoms with Crippen molar-refractivity contribution >= 4 is 0 Å². The molecule has 0 amide bonds. The van der Waals surface area contributed by atoms with Crippen LogP contribution in [0.3, 0.4) is 0 Å². The SMILES string of the molecule is C[C@H](Cn1cc(CO)nn1)c1ccccc1. The Morgan fingerprint density at radius 3 is 2.69 bits per heavy atom. The summed E-state index contributed by atoms with van der Waals surface area (Å²) in [6, 6.07) is 10.3. The summed E-state index contributed by atoms with van der Waals surface area (Å²) in [6.45, 7) is 2.87. The van der Waals surface area contributed by atoms with E-state index in [1.807, 2.05) is 18.2 Å². The van der Waals surface area contributed by atoms with Crippen molar-refractivity contribution in [3.8, 4) is 0 Å². The predicted octanol–water partition coefficient (Wildman–Crippen LogP) is 1.57. The van der Waals surface area contributed by atoms with Crippen LogP contribution in [0.25, 0.3) is 0 Å². The molecule has 0 aliphatic carbocycles. The quantitative estimate of drug-likeness (QED) is 0.845. The monoisotopic (exact) mass is 217 g/mol. The summed E-state index contributed by atoms with van der Waals surface area (Å²) < 4.78 is 1.77. The predicted molar refractivity (Wildman–Crippen MR) is 60.8 cm³/mol. The van der Waals surface area contributed by atoms with Gasteiger partial charge in [-0.25, -0.2) is 0 Å². The van der Waals surface area contributed by atoms with Crippen molar-refractivity contribution in [2.24, 2.45) is 0 Å². The second-order valence-corrected chi connectivity index (χ2v) is 3.90. The standard InChI is InChI=1S/C12H15N3O/c1-10(11-5-3-2-4-6-11)7-15-8-12(9-16)13-14-15/h2-6,8,10,16H,7,9H2,1H3/t10-/m1/s1. The Morgan fingerprint density at radius 1 is 1.31 bits per heavy atom. The average molecular weight is 217 g/mol. The highest BCUT2D eigenvalue weighted by molar-refractivity contribution is 5.18. The number of aromatic nitrogens is 3. The molecule has 0 bridgehead atoms. The maximum Gasteiger partial charge on any atom is 0.108 e. The van der Waals surface area contributed by atoms with E-state index in [1.54, 1.807) is 10.9 Å². The summed E-state index contributed by atoms with van der Waals surface area (Å²) in [6.07, 6.45) is 1.78. The van der Waals surface area contributed by atoms with Gasteiger partial charge in [-0.3, -0.25) is 4.68 Å². The molecular formula is C12H15N3O. The van der Waals surface area contributed by atoms with Gasteiger partial charge < -0.3 is 5.11 Å². The van der Waals surface area contributed by atoms with E-state index in [0.717, 1.165) is 6.54 Å². The Hall–Kier alpha value is -1.68. The Bertz CT molecular complexity index is 439.